The van der Waals surface area contributed by atoms with E-state index in [0.29, 0.717) is 5.89 Å². The number of rotatable bonds is 2. The van der Waals surface area contributed by atoms with Crippen molar-refractivity contribution in [3.8, 4) is 17.2 Å². The lowest BCUT2D eigenvalue weighted by Gasteiger charge is -1.97. The number of thiophene rings is 1. The summed E-state index contributed by atoms with van der Waals surface area (Å²) in [6, 6.07) is 5.65. The number of benzene rings is 1. The maximum Gasteiger partial charge on any atom is 0.230 e. The fourth-order valence-corrected chi connectivity index (χ4v) is 3.95. The molecule has 0 atom stereocenters. The Morgan fingerprint density at radius 3 is 3.10 bits per heavy atom. The largest absolute Gasteiger partial charge is 0.497 e. The number of nitrogens with two attached hydrogens (primary N) is 1. The topological polar surface area (TPSA) is 61.3 Å². The molecule has 4 rings (SSSR count). The minimum absolute atomic E-state index is 0.630. The number of nitrogen functional groups attached to an aromatic ring is 1. The van der Waals surface area contributed by atoms with Crippen LogP contribution in [0.4, 0.5) is 5.00 Å². The summed E-state index contributed by atoms with van der Waals surface area (Å²) in [5, 5.41) is 0.813. The highest BCUT2D eigenvalue weighted by molar-refractivity contribution is 7.16. The van der Waals surface area contributed by atoms with Crippen molar-refractivity contribution in [1.82, 2.24) is 4.98 Å². The van der Waals surface area contributed by atoms with Crippen molar-refractivity contribution in [3.05, 3.63) is 28.6 Å². The third-order valence-corrected chi connectivity index (χ3v) is 4.88. The van der Waals surface area contributed by atoms with Crippen LogP contribution in [0.2, 0.25) is 0 Å². The van der Waals surface area contributed by atoms with Crippen LogP contribution in [-0.2, 0) is 12.8 Å². The first kappa shape index (κ1) is 11.8. The molecule has 2 aromatic heterocycles. The summed E-state index contributed by atoms with van der Waals surface area (Å²) in [5.41, 5.74) is 10.0. The Balaban J connectivity index is 1.90. The number of anilines is 1. The number of aryl methyl sites for hydroxylation is 1. The maximum absolute atomic E-state index is 6.16. The zero-order valence-corrected chi connectivity index (χ0v) is 11.9. The monoisotopic (exact) mass is 286 g/mol. The molecule has 3 aromatic rings. The van der Waals surface area contributed by atoms with E-state index in [4.69, 9.17) is 14.9 Å². The average Bonchev–Trinajstić information content (AvgIpc) is 3.10. The molecule has 0 unspecified atom stereocenters. The van der Waals surface area contributed by atoms with Crippen LogP contribution >= 0.6 is 11.3 Å². The first-order valence-electron chi connectivity index (χ1n) is 6.61. The van der Waals surface area contributed by atoms with Gasteiger partial charge < -0.3 is 14.9 Å². The fourth-order valence-electron chi connectivity index (χ4n) is 2.80. The summed E-state index contributed by atoms with van der Waals surface area (Å²) in [4.78, 5) is 5.96. The molecule has 4 nitrogen and oxygen atoms in total. The second-order valence-electron chi connectivity index (χ2n) is 4.95. The van der Waals surface area contributed by atoms with E-state index >= 15 is 0 Å². The lowest BCUT2D eigenvalue weighted by molar-refractivity contribution is 0.414. The summed E-state index contributed by atoms with van der Waals surface area (Å²) in [7, 11) is 1.64. The molecule has 1 aromatic carbocycles. The van der Waals surface area contributed by atoms with Gasteiger partial charge in [-0.15, -0.1) is 11.3 Å². The van der Waals surface area contributed by atoms with Crippen LogP contribution in [0.1, 0.15) is 16.9 Å². The van der Waals surface area contributed by atoms with Crippen LogP contribution in [0, 0.1) is 0 Å². The van der Waals surface area contributed by atoms with E-state index in [2.05, 4.69) is 4.98 Å². The van der Waals surface area contributed by atoms with Crippen molar-refractivity contribution in [2.75, 3.05) is 12.8 Å². The van der Waals surface area contributed by atoms with Crippen molar-refractivity contribution in [1.29, 1.82) is 0 Å². The van der Waals surface area contributed by atoms with Gasteiger partial charge in [0.05, 0.1) is 17.7 Å². The molecule has 102 valence electrons. The third kappa shape index (κ3) is 1.63. The Kier molecular flexibility index (Phi) is 2.50. The van der Waals surface area contributed by atoms with Crippen molar-refractivity contribution in [2.24, 2.45) is 0 Å². The van der Waals surface area contributed by atoms with Crippen LogP contribution in [0.3, 0.4) is 0 Å². The molecular formula is C15H14N2O2S. The standard InChI is InChI=1S/C15H14N2O2S/c1-18-8-5-6-10-11(7-8)19-15(17-10)13-9-3-2-4-12(9)20-14(13)16/h5-7H,2-4,16H2,1H3. The van der Waals surface area contributed by atoms with Crippen molar-refractivity contribution < 1.29 is 9.15 Å². The number of aromatic nitrogens is 1. The van der Waals surface area contributed by atoms with Crippen molar-refractivity contribution >= 4 is 27.4 Å². The molecule has 0 aliphatic heterocycles. The number of nitrogens with zero attached hydrogens (tertiary/aromatic N) is 1. The Hall–Kier alpha value is -2.01. The molecule has 0 spiro atoms. The number of hydrogen-bond acceptors (Lipinski definition) is 5. The smallest absolute Gasteiger partial charge is 0.230 e. The summed E-state index contributed by atoms with van der Waals surface area (Å²) in [6.45, 7) is 0. The summed E-state index contributed by atoms with van der Waals surface area (Å²) >= 11 is 1.67. The minimum Gasteiger partial charge on any atom is -0.497 e. The number of ether oxygens (including phenoxy) is 1. The molecule has 1 aliphatic rings. The van der Waals surface area contributed by atoms with E-state index in [1.807, 2.05) is 18.2 Å². The van der Waals surface area contributed by atoms with E-state index in [9.17, 15) is 0 Å². The van der Waals surface area contributed by atoms with Gasteiger partial charge in [-0.05, 0) is 37.0 Å². The van der Waals surface area contributed by atoms with Gasteiger partial charge in [-0.25, -0.2) is 4.98 Å². The number of hydrogen-bond donors (Lipinski definition) is 1. The number of fused-ring (bicyclic) bond motifs is 2. The molecular weight excluding hydrogens is 272 g/mol. The van der Waals surface area contributed by atoms with Gasteiger partial charge in [-0.2, -0.15) is 0 Å². The molecule has 20 heavy (non-hydrogen) atoms. The predicted octanol–water partition coefficient (Wildman–Crippen LogP) is 3.64. The zero-order chi connectivity index (χ0) is 13.7. The Labute approximate surface area is 120 Å². The van der Waals surface area contributed by atoms with Crippen LogP contribution in [0.25, 0.3) is 22.6 Å². The second-order valence-corrected chi connectivity index (χ2v) is 6.09. The van der Waals surface area contributed by atoms with E-state index in [0.717, 1.165) is 40.3 Å². The molecule has 0 saturated heterocycles. The van der Waals surface area contributed by atoms with Crippen LogP contribution in [0.15, 0.2) is 22.6 Å². The van der Waals surface area contributed by atoms with E-state index in [1.54, 1.807) is 18.4 Å². The van der Waals surface area contributed by atoms with Crippen LogP contribution < -0.4 is 10.5 Å². The summed E-state index contributed by atoms with van der Waals surface area (Å²) in [5.74, 6) is 1.40. The molecule has 0 bridgehead atoms. The molecule has 0 fully saturated rings. The highest BCUT2D eigenvalue weighted by Crippen LogP contribution is 2.43. The first-order chi connectivity index (χ1) is 9.76. The van der Waals surface area contributed by atoms with Gasteiger partial charge >= 0.3 is 0 Å². The zero-order valence-electron chi connectivity index (χ0n) is 11.1. The quantitative estimate of drug-likeness (QED) is 0.781. The number of oxazole rings is 1. The SMILES string of the molecule is COc1ccc2nc(-c3c(N)sc4c3CCC4)oc2c1. The molecule has 0 radical (unpaired) electrons. The van der Waals surface area contributed by atoms with Gasteiger partial charge in [0.15, 0.2) is 5.58 Å². The van der Waals surface area contributed by atoms with E-state index < -0.39 is 0 Å². The minimum atomic E-state index is 0.630. The average molecular weight is 286 g/mol. The van der Waals surface area contributed by atoms with Crippen molar-refractivity contribution in [2.45, 2.75) is 19.3 Å². The Morgan fingerprint density at radius 2 is 2.25 bits per heavy atom. The lowest BCUT2D eigenvalue weighted by atomic mass is 10.1. The predicted molar refractivity (Wildman–Crippen MR) is 80.3 cm³/mol. The molecule has 0 saturated carbocycles. The third-order valence-electron chi connectivity index (χ3n) is 3.76. The van der Waals surface area contributed by atoms with E-state index in [1.165, 1.54) is 16.9 Å². The van der Waals surface area contributed by atoms with Crippen molar-refractivity contribution in [3.63, 3.8) is 0 Å². The summed E-state index contributed by atoms with van der Waals surface area (Å²) in [6.07, 6.45) is 3.39. The molecule has 5 heteroatoms. The number of methoxy groups -OCH3 is 1. The molecule has 0 amide bonds. The van der Waals surface area contributed by atoms with Gasteiger partial charge in [0.2, 0.25) is 5.89 Å². The molecule has 2 N–H and O–H groups in total. The molecule has 1 aliphatic carbocycles. The van der Waals surface area contributed by atoms with Crippen LogP contribution in [0.5, 0.6) is 5.75 Å². The van der Waals surface area contributed by atoms with Gasteiger partial charge in [0, 0.05) is 10.9 Å². The highest BCUT2D eigenvalue weighted by atomic mass is 32.1. The lowest BCUT2D eigenvalue weighted by Crippen LogP contribution is -1.88. The summed E-state index contributed by atoms with van der Waals surface area (Å²) < 4.78 is 11.1. The van der Waals surface area contributed by atoms with Gasteiger partial charge in [-0.3, -0.25) is 0 Å². The normalized spacial score (nSPS) is 13.8. The Morgan fingerprint density at radius 1 is 1.35 bits per heavy atom. The van der Waals surface area contributed by atoms with Gasteiger partial charge in [-0.1, -0.05) is 0 Å². The van der Waals surface area contributed by atoms with E-state index in [-0.39, 0.29) is 0 Å². The first-order valence-corrected chi connectivity index (χ1v) is 7.43. The Bertz CT molecular complexity index is 804. The van der Waals surface area contributed by atoms with Gasteiger partial charge in [0.1, 0.15) is 11.3 Å². The highest BCUT2D eigenvalue weighted by Gasteiger charge is 2.25. The fraction of sp³-hybridized carbons (Fsp3) is 0.267. The maximum atomic E-state index is 6.16. The molecule has 2 heterocycles. The van der Waals surface area contributed by atoms with Gasteiger partial charge in [0.25, 0.3) is 0 Å². The second kappa shape index (κ2) is 4.24. The van der Waals surface area contributed by atoms with Crippen LogP contribution in [-0.4, -0.2) is 12.1 Å².